The van der Waals surface area contributed by atoms with Crippen LogP contribution in [-0.2, 0) is 6.54 Å². The third kappa shape index (κ3) is 3.37. The fourth-order valence-electron chi connectivity index (χ4n) is 2.04. The van der Waals surface area contributed by atoms with E-state index in [0.717, 1.165) is 31.8 Å². The average molecular weight is 243 g/mol. The lowest BCUT2D eigenvalue weighted by atomic mass is 10.2. The molecule has 90 valence electrons. The zero-order valence-corrected chi connectivity index (χ0v) is 10.4. The van der Waals surface area contributed by atoms with Crippen LogP contribution in [0.3, 0.4) is 0 Å². The van der Waals surface area contributed by atoms with Gasteiger partial charge in [0, 0.05) is 25.7 Å². The Hall–Kier alpha value is -0.770. The van der Waals surface area contributed by atoms with Gasteiger partial charge in [0.25, 0.3) is 0 Å². The highest BCUT2D eigenvalue weighted by atomic mass is 35.5. The molecule has 1 aromatic rings. The highest BCUT2D eigenvalue weighted by molar-refractivity contribution is 5.85. The van der Waals surface area contributed by atoms with Crippen molar-refractivity contribution in [1.29, 1.82) is 0 Å². The number of hydrogen-bond acceptors (Lipinski definition) is 3. The van der Waals surface area contributed by atoms with E-state index in [4.69, 9.17) is 10.5 Å². The van der Waals surface area contributed by atoms with E-state index in [9.17, 15) is 0 Å². The lowest BCUT2D eigenvalue weighted by molar-refractivity contribution is 0.326. The molecule has 2 rings (SSSR count). The van der Waals surface area contributed by atoms with Gasteiger partial charge in [0.15, 0.2) is 0 Å². The van der Waals surface area contributed by atoms with Crippen molar-refractivity contribution in [3.05, 3.63) is 29.8 Å². The molecule has 1 aliphatic heterocycles. The van der Waals surface area contributed by atoms with E-state index in [0.29, 0.717) is 6.04 Å². The normalized spacial score (nSPS) is 20.5. The molecule has 1 saturated heterocycles. The number of hydrogen-bond donors (Lipinski definition) is 1. The van der Waals surface area contributed by atoms with Gasteiger partial charge < -0.3 is 10.5 Å². The third-order valence-electron chi connectivity index (χ3n) is 2.85. The topological polar surface area (TPSA) is 38.5 Å². The molecular weight excluding hydrogens is 224 g/mol. The first-order chi connectivity index (χ1) is 7.28. The van der Waals surface area contributed by atoms with Crippen molar-refractivity contribution in [2.75, 3.05) is 20.2 Å². The number of nitrogens with two attached hydrogens (primary N) is 1. The number of nitrogens with zero attached hydrogens (tertiary/aromatic N) is 1. The van der Waals surface area contributed by atoms with Crippen molar-refractivity contribution < 1.29 is 4.74 Å². The van der Waals surface area contributed by atoms with Gasteiger partial charge in [-0.1, -0.05) is 12.1 Å². The van der Waals surface area contributed by atoms with Crippen LogP contribution in [0.25, 0.3) is 0 Å². The fraction of sp³-hybridized carbons (Fsp3) is 0.500. The fourth-order valence-corrected chi connectivity index (χ4v) is 2.04. The van der Waals surface area contributed by atoms with E-state index in [1.807, 2.05) is 12.1 Å². The average Bonchev–Trinajstić information content (AvgIpc) is 2.64. The quantitative estimate of drug-likeness (QED) is 0.876. The van der Waals surface area contributed by atoms with Crippen molar-refractivity contribution in [2.45, 2.75) is 19.0 Å². The molecule has 0 saturated carbocycles. The van der Waals surface area contributed by atoms with E-state index in [2.05, 4.69) is 17.0 Å². The summed E-state index contributed by atoms with van der Waals surface area (Å²) in [5, 5.41) is 0. The zero-order valence-electron chi connectivity index (χ0n) is 9.56. The summed E-state index contributed by atoms with van der Waals surface area (Å²) in [6, 6.07) is 8.58. The minimum Gasteiger partial charge on any atom is -0.497 e. The molecule has 0 aliphatic carbocycles. The summed E-state index contributed by atoms with van der Waals surface area (Å²) in [5.74, 6) is 0.927. The predicted octanol–water partition coefficient (Wildman–Crippen LogP) is 1.65. The number of benzene rings is 1. The summed E-state index contributed by atoms with van der Waals surface area (Å²) in [6.07, 6.45) is 1.12. The second kappa shape index (κ2) is 6.09. The molecule has 0 bridgehead atoms. The van der Waals surface area contributed by atoms with Crippen LogP contribution in [0.4, 0.5) is 0 Å². The molecule has 1 aliphatic rings. The Kier molecular flexibility index (Phi) is 5.06. The Balaban J connectivity index is 0.00000128. The van der Waals surface area contributed by atoms with Crippen LogP contribution in [-0.4, -0.2) is 31.1 Å². The van der Waals surface area contributed by atoms with Gasteiger partial charge in [-0.2, -0.15) is 0 Å². The Bertz CT molecular complexity index is 333. The lowest BCUT2D eigenvalue weighted by Crippen LogP contribution is -2.26. The molecule has 0 amide bonds. The summed E-state index contributed by atoms with van der Waals surface area (Å²) >= 11 is 0. The van der Waals surface area contributed by atoms with Crippen LogP contribution in [0.5, 0.6) is 5.75 Å². The molecule has 1 atom stereocenters. The van der Waals surface area contributed by atoms with Crippen LogP contribution in [0, 0.1) is 0 Å². The van der Waals surface area contributed by atoms with Gasteiger partial charge in [-0.25, -0.2) is 0 Å². The maximum absolute atomic E-state index is 5.87. The number of rotatable bonds is 3. The van der Waals surface area contributed by atoms with Crippen LogP contribution in [0.15, 0.2) is 24.3 Å². The second-order valence-electron chi connectivity index (χ2n) is 4.14. The molecule has 4 heteroatoms. The minimum absolute atomic E-state index is 0. The van der Waals surface area contributed by atoms with Crippen LogP contribution >= 0.6 is 12.4 Å². The first kappa shape index (κ1) is 13.3. The van der Waals surface area contributed by atoms with Crippen molar-refractivity contribution >= 4 is 12.4 Å². The van der Waals surface area contributed by atoms with Gasteiger partial charge in [-0.15, -0.1) is 12.4 Å². The predicted molar refractivity (Wildman–Crippen MR) is 68.1 cm³/mol. The van der Waals surface area contributed by atoms with Crippen molar-refractivity contribution in [3.63, 3.8) is 0 Å². The third-order valence-corrected chi connectivity index (χ3v) is 2.85. The van der Waals surface area contributed by atoms with E-state index < -0.39 is 0 Å². The molecule has 1 fully saturated rings. The molecule has 1 aromatic carbocycles. The van der Waals surface area contributed by atoms with E-state index in [-0.39, 0.29) is 12.4 Å². The van der Waals surface area contributed by atoms with Crippen molar-refractivity contribution in [2.24, 2.45) is 5.73 Å². The SMILES string of the molecule is COc1cccc(CN2CC[C@H](N)C2)c1.Cl. The first-order valence-corrected chi connectivity index (χ1v) is 5.39. The summed E-state index contributed by atoms with van der Waals surface area (Å²) < 4.78 is 5.20. The smallest absolute Gasteiger partial charge is 0.119 e. The van der Waals surface area contributed by atoms with E-state index in [1.165, 1.54) is 5.56 Å². The van der Waals surface area contributed by atoms with Crippen molar-refractivity contribution in [1.82, 2.24) is 4.90 Å². The molecule has 3 nitrogen and oxygen atoms in total. The molecular formula is C12H19ClN2O. The Labute approximate surface area is 103 Å². The van der Waals surface area contributed by atoms with Gasteiger partial charge in [0.05, 0.1) is 7.11 Å². The monoisotopic (exact) mass is 242 g/mol. The maximum atomic E-state index is 5.87. The lowest BCUT2D eigenvalue weighted by Gasteiger charge is -2.15. The summed E-state index contributed by atoms with van der Waals surface area (Å²) in [5.41, 5.74) is 7.16. The van der Waals surface area contributed by atoms with Crippen molar-refractivity contribution in [3.8, 4) is 5.75 Å². The Morgan fingerprint density at radius 1 is 1.50 bits per heavy atom. The highest BCUT2D eigenvalue weighted by Gasteiger charge is 2.18. The van der Waals surface area contributed by atoms with Crippen LogP contribution in [0.2, 0.25) is 0 Å². The van der Waals surface area contributed by atoms with E-state index in [1.54, 1.807) is 7.11 Å². The van der Waals surface area contributed by atoms with Gasteiger partial charge in [0.1, 0.15) is 5.75 Å². The highest BCUT2D eigenvalue weighted by Crippen LogP contribution is 2.16. The second-order valence-corrected chi connectivity index (χ2v) is 4.14. The Morgan fingerprint density at radius 3 is 2.94 bits per heavy atom. The van der Waals surface area contributed by atoms with Gasteiger partial charge in [0.2, 0.25) is 0 Å². The molecule has 0 radical (unpaired) electrons. The minimum atomic E-state index is 0. The number of halogens is 1. The molecule has 1 heterocycles. The molecule has 0 spiro atoms. The van der Waals surface area contributed by atoms with Gasteiger partial charge in [-0.3, -0.25) is 4.90 Å². The molecule has 0 aromatic heterocycles. The zero-order chi connectivity index (χ0) is 10.7. The Morgan fingerprint density at radius 2 is 2.31 bits per heavy atom. The number of methoxy groups -OCH3 is 1. The summed E-state index contributed by atoms with van der Waals surface area (Å²) in [4.78, 5) is 2.39. The largest absolute Gasteiger partial charge is 0.497 e. The van der Waals surface area contributed by atoms with Crippen LogP contribution in [0.1, 0.15) is 12.0 Å². The molecule has 16 heavy (non-hydrogen) atoms. The van der Waals surface area contributed by atoms with Crippen LogP contribution < -0.4 is 10.5 Å². The van der Waals surface area contributed by atoms with E-state index >= 15 is 0 Å². The summed E-state index contributed by atoms with van der Waals surface area (Å²) in [6.45, 7) is 3.10. The van der Waals surface area contributed by atoms with Gasteiger partial charge in [-0.05, 0) is 24.1 Å². The molecule has 0 unspecified atom stereocenters. The van der Waals surface area contributed by atoms with Gasteiger partial charge >= 0.3 is 0 Å². The number of likely N-dealkylation sites (tertiary alicyclic amines) is 1. The maximum Gasteiger partial charge on any atom is 0.119 e. The summed E-state index contributed by atoms with van der Waals surface area (Å²) in [7, 11) is 1.70. The number of ether oxygens (including phenoxy) is 1. The standard InChI is InChI=1S/C12H18N2O.ClH/c1-15-12-4-2-3-10(7-12)8-14-6-5-11(13)9-14;/h2-4,7,11H,5-6,8-9,13H2,1H3;1H/t11-;/m0./s1. The molecule has 2 N–H and O–H groups in total. The first-order valence-electron chi connectivity index (χ1n) is 5.39.